The minimum absolute atomic E-state index is 0.147. The molecule has 2 unspecified atom stereocenters. The zero-order chi connectivity index (χ0) is 26.2. The first-order valence-electron chi connectivity index (χ1n) is 11.6. The van der Waals surface area contributed by atoms with Crippen LogP contribution in [0.25, 0.3) is 0 Å². The summed E-state index contributed by atoms with van der Waals surface area (Å²) in [6, 6.07) is 14.2. The van der Waals surface area contributed by atoms with Gasteiger partial charge in [-0.15, -0.1) is 6.42 Å². The van der Waals surface area contributed by atoms with Crippen LogP contribution in [0.4, 0.5) is 4.79 Å². The summed E-state index contributed by atoms with van der Waals surface area (Å²) in [6.45, 7) is 8.92. The molecule has 0 bridgehead atoms. The highest BCUT2D eigenvalue weighted by atomic mass is 16.6. The average Bonchev–Trinajstić information content (AvgIpc) is 2.77. The molecule has 3 amide bonds. The average molecular weight is 478 g/mol. The minimum atomic E-state index is -0.990. The second-order valence-electron chi connectivity index (χ2n) is 9.64. The molecular weight excluding hydrogens is 442 g/mol. The predicted molar refractivity (Wildman–Crippen MR) is 136 cm³/mol. The van der Waals surface area contributed by atoms with E-state index in [1.807, 2.05) is 44.2 Å². The molecule has 2 aromatic carbocycles. The van der Waals surface area contributed by atoms with Gasteiger partial charge >= 0.3 is 6.09 Å². The van der Waals surface area contributed by atoms with Gasteiger partial charge in [-0.2, -0.15) is 0 Å². The number of carbonyl (C=O) groups is 3. The lowest BCUT2D eigenvalue weighted by Gasteiger charge is -2.32. The summed E-state index contributed by atoms with van der Waals surface area (Å²) >= 11 is 0. The molecule has 7 nitrogen and oxygen atoms in total. The number of amides is 3. The molecule has 0 aliphatic rings. The highest BCUT2D eigenvalue weighted by molar-refractivity contribution is 5.92. The van der Waals surface area contributed by atoms with Gasteiger partial charge in [0.15, 0.2) is 0 Å². The van der Waals surface area contributed by atoms with Crippen molar-refractivity contribution < 1.29 is 19.1 Å². The number of nitrogens with zero attached hydrogens (tertiary/aromatic N) is 1. The fraction of sp³-hybridized carbons (Fsp3) is 0.393. The van der Waals surface area contributed by atoms with Crippen LogP contribution in [0.15, 0.2) is 54.6 Å². The monoisotopic (exact) mass is 477 g/mol. The maximum absolute atomic E-state index is 13.8. The Morgan fingerprint density at radius 2 is 1.60 bits per heavy atom. The van der Waals surface area contributed by atoms with E-state index in [0.717, 1.165) is 5.56 Å². The van der Waals surface area contributed by atoms with E-state index in [4.69, 9.17) is 11.2 Å². The number of hydrogen-bond donors (Lipinski definition) is 2. The first-order chi connectivity index (χ1) is 16.4. The Balaban J connectivity index is 2.45. The molecule has 0 aliphatic heterocycles. The van der Waals surface area contributed by atoms with Crippen LogP contribution in [-0.2, 0) is 20.7 Å². The van der Waals surface area contributed by atoms with Crippen LogP contribution in [0.2, 0.25) is 0 Å². The highest BCUT2D eigenvalue weighted by Gasteiger charge is 2.35. The van der Waals surface area contributed by atoms with Gasteiger partial charge in [-0.1, -0.05) is 54.5 Å². The van der Waals surface area contributed by atoms with Gasteiger partial charge in [-0.3, -0.25) is 9.59 Å². The highest BCUT2D eigenvalue weighted by Crippen LogP contribution is 2.25. The number of rotatable bonds is 8. The first kappa shape index (κ1) is 27.5. The summed E-state index contributed by atoms with van der Waals surface area (Å²) in [5.74, 6) is 1.78. The molecule has 2 N–H and O–H groups in total. The Bertz CT molecular complexity index is 1070. The Hall–Kier alpha value is -3.79. The van der Waals surface area contributed by atoms with Gasteiger partial charge in [0.25, 0.3) is 0 Å². The maximum Gasteiger partial charge on any atom is 0.408 e. The Labute approximate surface area is 208 Å². The van der Waals surface area contributed by atoms with Gasteiger partial charge < -0.3 is 20.3 Å². The number of carbonyl (C=O) groups excluding carboxylic acids is 3. The van der Waals surface area contributed by atoms with E-state index < -0.39 is 29.7 Å². The smallest absolute Gasteiger partial charge is 0.408 e. The third-order valence-electron chi connectivity index (χ3n) is 5.10. The van der Waals surface area contributed by atoms with Crippen LogP contribution in [-0.4, -0.2) is 47.5 Å². The fourth-order valence-corrected chi connectivity index (χ4v) is 3.63. The second-order valence-corrected chi connectivity index (χ2v) is 9.64. The van der Waals surface area contributed by atoms with Gasteiger partial charge in [0.05, 0.1) is 0 Å². The topological polar surface area (TPSA) is 87.7 Å². The normalized spacial score (nSPS) is 12.7. The van der Waals surface area contributed by atoms with Crippen molar-refractivity contribution in [2.75, 3.05) is 7.05 Å². The number of benzene rings is 2. The molecule has 7 heteroatoms. The lowest BCUT2D eigenvalue weighted by molar-refractivity contribution is -0.141. The molecule has 0 spiro atoms. The van der Waals surface area contributed by atoms with E-state index in [2.05, 4.69) is 16.6 Å². The van der Waals surface area contributed by atoms with E-state index in [-0.39, 0.29) is 18.4 Å². The van der Waals surface area contributed by atoms with E-state index >= 15 is 0 Å². The lowest BCUT2D eigenvalue weighted by atomic mass is 9.97. The Morgan fingerprint density at radius 3 is 2.17 bits per heavy atom. The molecule has 0 saturated carbocycles. The van der Waals surface area contributed by atoms with Gasteiger partial charge in [0, 0.05) is 25.1 Å². The molecule has 0 aliphatic carbocycles. The standard InChI is InChI=1S/C28H35N3O4/c1-8-21-16-12-13-17-22(21)24(25(32)29-19(2)3)31(7)26(33)23(18-20-14-10-9-11-15-20)30-27(34)35-28(4,5)6/h1,9-17,19,23-24H,18H2,2-7H3,(H,29,32)(H,30,34). The second kappa shape index (κ2) is 12.1. The first-order valence-corrected chi connectivity index (χ1v) is 11.6. The number of likely N-dealkylation sites (N-methyl/N-ethyl adjacent to an activating group) is 1. The number of hydrogen-bond acceptors (Lipinski definition) is 4. The zero-order valence-electron chi connectivity index (χ0n) is 21.3. The van der Waals surface area contributed by atoms with Crippen molar-refractivity contribution in [1.29, 1.82) is 0 Å². The third kappa shape index (κ3) is 8.18. The minimum Gasteiger partial charge on any atom is -0.444 e. The van der Waals surface area contributed by atoms with Crippen LogP contribution >= 0.6 is 0 Å². The van der Waals surface area contributed by atoms with E-state index in [9.17, 15) is 14.4 Å². The zero-order valence-corrected chi connectivity index (χ0v) is 21.3. The number of nitrogens with one attached hydrogen (secondary N) is 2. The Kier molecular flexibility index (Phi) is 9.47. The molecule has 186 valence electrons. The molecule has 2 aromatic rings. The van der Waals surface area contributed by atoms with Crippen molar-refractivity contribution in [3.63, 3.8) is 0 Å². The van der Waals surface area contributed by atoms with E-state index in [1.54, 1.807) is 45.0 Å². The van der Waals surface area contributed by atoms with Gasteiger partial charge in [0.1, 0.15) is 17.7 Å². The quantitative estimate of drug-likeness (QED) is 0.566. The molecule has 0 heterocycles. The molecule has 0 radical (unpaired) electrons. The van der Waals surface area contributed by atoms with Gasteiger partial charge in [0.2, 0.25) is 11.8 Å². The third-order valence-corrected chi connectivity index (χ3v) is 5.10. The number of terminal acetylenes is 1. The lowest BCUT2D eigenvalue weighted by Crippen LogP contribution is -2.53. The van der Waals surface area contributed by atoms with E-state index in [1.165, 1.54) is 11.9 Å². The fourth-order valence-electron chi connectivity index (χ4n) is 3.63. The number of alkyl carbamates (subject to hydrolysis) is 1. The molecule has 0 aromatic heterocycles. The van der Waals surface area contributed by atoms with E-state index in [0.29, 0.717) is 11.1 Å². The van der Waals surface area contributed by atoms with Gasteiger partial charge in [-0.25, -0.2) is 4.79 Å². The van der Waals surface area contributed by atoms with Crippen LogP contribution in [0, 0.1) is 12.3 Å². The van der Waals surface area contributed by atoms with Crippen LogP contribution in [0.5, 0.6) is 0 Å². The SMILES string of the molecule is C#Cc1ccccc1C(C(=O)NC(C)C)N(C)C(=O)C(Cc1ccccc1)NC(=O)OC(C)(C)C. The molecule has 35 heavy (non-hydrogen) atoms. The van der Waals surface area contributed by atoms with Crippen molar-refractivity contribution in [3.8, 4) is 12.3 Å². The maximum atomic E-state index is 13.8. The number of ether oxygens (including phenoxy) is 1. The largest absolute Gasteiger partial charge is 0.444 e. The Morgan fingerprint density at radius 1 is 1.00 bits per heavy atom. The molecule has 2 rings (SSSR count). The van der Waals surface area contributed by atoms with Crippen molar-refractivity contribution >= 4 is 17.9 Å². The van der Waals surface area contributed by atoms with Gasteiger partial charge in [-0.05, 0) is 51.8 Å². The summed E-state index contributed by atoms with van der Waals surface area (Å²) in [7, 11) is 1.54. The van der Waals surface area contributed by atoms with Crippen molar-refractivity contribution in [2.24, 2.45) is 0 Å². The molecule has 0 fully saturated rings. The predicted octanol–water partition coefficient (Wildman–Crippen LogP) is 3.83. The van der Waals surface area contributed by atoms with Crippen molar-refractivity contribution in [2.45, 2.75) is 64.8 Å². The molecule has 0 saturated heterocycles. The summed E-state index contributed by atoms with van der Waals surface area (Å²) in [5.41, 5.74) is 1.15. The molecular formula is C28H35N3O4. The van der Waals surface area contributed by atoms with Crippen LogP contribution in [0.1, 0.15) is 57.4 Å². The summed E-state index contributed by atoms with van der Waals surface area (Å²) in [5, 5.41) is 5.57. The summed E-state index contributed by atoms with van der Waals surface area (Å²) in [4.78, 5) is 41.0. The molecule has 2 atom stereocenters. The van der Waals surface area contributed by atoms with Crippen LogP contribution < -0.4 is 10.6 Å². The van der Waals surface area contributed by atoms with Crippen molar-refractivity contribution in [3.05, 3.63) is 71.3 Å². The van der Waals surface area contributed by atoms with Crippen LogP contribution in [0.3, 0.4) is 0 Å². The summed E-state index contributed by atoms with van der Waals surface area (Å²) in [6.07, 6.45) is 5.20. The summed E-state index contributed by atoms with van der Waals surface area (Å²) < 4.78 is 5.39. The van der Waals surface area contributed by atoms with Crippen molar-refractivity contribution in [1.82, 2.24) is 15.5 Å².